The topological polar surface area (TPSA) is 46.9 Å². The van der Waals surface area contributed by atoms with Crippen LogP contribution in [0, 0.1) is 20.8 Å². The highest BCUT2D eigenvalue weighted by Gasteiger charge is 2.07. The minimum Gasteiger partial charge on any atom is -0.322 e. The zero-order valence-electron chi connectivity index (χ0n) is 12.6. The highest BCUT2D eigenvalue weighted by atomic mass is 79.9. The molecular weight excluding hydrogens is 330 g/mol. The van der Waals surface area contributed by atoms with E-state index in [2.05, 4.69) is 26.3 Å². The number of rotatable bonds is 3. The molecule has 110 valence electrons. The molecule has 0 aliphatic rings. The molecule has 21 heavy (non-hydrogen) atoms. The summed E-state index contributed by atoms with van der Waals surface area (Å²) >= 11 is 3.40. The predicted octanol–water partition coefficient (Wildman–Crippen LogP) is 3.76. The van der Waals surface area contributed by atoms with Crippen molar-refractivity contribution in [3.05, 3.63) is 51.3 Å². The van der Waals surface area contributed by atoms with Crippen molar-refractivity contribution in [3.63, 3.8) is 0 Å². The van der Waals surface area contributed by atoms with Gasteiger partial charge in [-0.05, 0) is 44.5 Å². The molecule has 1 N–H and O–H groups in total. The molecule has 0 atom stereocenters. The molecular formula is C16H18BrN3O. The number of carbonyl (C=O) groups is 1. The van der Waals surface area contributed by atoms with Gasteiger partial charge in [-0.2, -0.15) is 5.10 Å². The van der Waals surface area contributed by atoms with Gasteiger partial charge in [0.1, 0.15) is 0 Å². The van der Waals surface area contributed by atoms with Crippen molar-refractivity contribution in [3.8, 4) is 0 Å². The summed E-state index contributed by atoms with van der Waals surface area (Å²) in [5.41, 5.74) is 4.76. The van der Waals surface area contributed by atoms with Crippen LogP contribution in [0.5, 0.6) is 0 Å². The van der Waals surface area contributed by atoms with E-state index in [-0.39, 0.29) is 5.91 Å². The van der Waals surface area contributed by atoms with Crippen molar-refractivity contribution in [2.75, 3.05) is 5.32 Å². The first-order valence-corrected chi connectivity index (χ1v) is 7.43. The van der Waals surface area contributed by atoms with Gasteiger partial charge in [0.25, 0.3) is 0 Å². The number of carbonyl (C=O) groups excluding carboxylic acids is 1. The molecule has 2 rings (SSSR count). The molecule has 0 aliphatic heterocycles. The molecule has 1 aromatic carbocycles. The largest absolute Gasteiger partial charge is 0.322 e. The fourth-order valence-corrected chi connectivity index (χ4v) is 2.45. The van der Waals surface area contributed by atoms with Crippen LogP contribution >= 0.6 is 15.9 Å². The summed E-state index contributed by atoms with van der Waals surface area (Å²) in [5, 5.41) is 7.21. The Bertz CT molecular complexity index is 717. The van der Waals surface area contributed by atoms with Crippen LogP contribution in [0.3, 0.4) is 0 Å². The molecule has 1 aromatic heterocycles. The molecule has 4 nitrogen and oxygen atoms in total. The van der Waals surface area contributed by atoms with Gasteiger partial charge in [-0.1, -0.05) is 22.0 Å². The fourth-order valence-electron chi connectivity index (χ4n) is 2.09. The van der Waals surface area contributed by atoms with E-state index in [9.17, 15) is 4.79 Å². The molecule has 0 fully saturated rings. The lowest BCUT2D eigenvalue weighted by atomic mass is 10.1. The average Bonchev–Trinajstić information content (AvgIpc) is 2.66. The van der Waals surface area contributed by atoms with Gasteiger partial charge in [0.2, 0.25) is 5.91 Å². The van der Waals surface area contributed by atoms with Crippen molar-refractivity contribution >= 4 is 33.6 Å². The molecule has 0 saturated carbocycles. The maximum absolute atomic E-state index is 12.0. The van der Waals surface area contributed by atoms with Gasteiger partial charge in [-0.15, -0.1) is 0 Å². The van der Waals surface area contributed by atoms with Crippen molar-refractivity contribution in [2.45, 2.75) is 20.8 Å². The summed E-state index contributed by atoms with van der Waals surface area (Å²) in [7, 11) is 1.89. The van der Waals surface area contributed by atoms with Gasteiger partial charge in [0.05, 0.1) is 5.69 Å². The Labute approximate surface area is 133 Å². The van der Waals surface area contributed by atoms with Gasteiger partial charge >= 0.3 is 0 Å². The van der Waals surface area contributed by atoms with Gasteiger partial charge in [-0.25, -0.2) is 0 Å². The first-order valence-electron chi connectivity index (χ1n) is 6.64. The minimum absolute atomic E-state index is 0.154. The Balaban J connectivity index is 2.15. The van der Waals surface area contributed by atoms with E-state index in [0.29, 0.717) is 0 Å². The quantitative estimate of drug-likeness (QED) is 0.859. The third kappa shape index (κ3) is 3.61. The Morgan fingerprint density at radius 1 is 1.33 bits per heavy atom. The van der Waals surface area contributed by atoms with E-state index < -0.39 is 0 Å². The lowest BCUT2D eigenvalue weighted by molar-refractivity contribution is -0.111. The number of hydrogen-bond acceptors (Lipinski definition) is 2. The lowest BCUT2D eigenvalue weighted by Gasteiger charge is -2.06. The number of aromatic nitrogens is 2. The van der Waals surface area contributed by atoms with E-state index in [0.717, 1.165) is 32.7 Å². The average molecular weight is 348 g/mol. The summed E-state index contributed by atoms with van der Waals surface area (Å²) in [6.45, 7) is 5.88. The Kier molecular flexibility index (Phi) is 4.63. The van der Waals surface area contributed by atoms with E-state index in [1.807, 2.05) is 50.7 Å². The SMILES string of the molecule is Cc1ccc(Br)cc1NC(=O)/C=C/c1c(C)nn(C)c1C. The molecule has 0 spiro atoms. The molecule has 2 aromatic rings. The molecule has 5 heteroatoms. The summed E-state index contributed by atoms with van der Waals surface area (Å²) in [5.74, 6) is -0.154. The third-order valence-electron chi connectivity index (χ3n) is 3.42. The number of hydrogen-bond donors (Lipinski definition) is 1. The summed E-state index contributed by atoms with van der Waals surface area (Å²) in [4.78, 5) is 12.0. The van der Waals surface area contributed by atoms with Gasteiger partial charge in [0, 0.05) is 34.5 Å². The second kappa shape index (κ2) is 6.26. The summed E-state index contributed by atoms with van der Waals surface area (Å²) in [6.07, 6.45) is 3.34. The number of benzene rings is 1. The number of halogens is 1. The van der Waals surface area contributed by atoms with Crippen LogP contribution in [0.25, 0.3) is 6.08 Å². The van der Waals surface area contributed by atoms with Crippen LogP contribution in [-0.4, -0.2) is 15.7 Å². The number of nitrogens with one attached hydrogen (secondary N) is 1. The lowest BCUT2D eigenvalue weighted by Crippen LogP contribution is -2.09. The number of amides is 1. The maximum atomic E-state index is 12.0. The smallest absolute Gasteiger partial charge is 0.248 e. The summed E-state index contributed by atoms with van der Waals surface area (Å²) in [6, 6.07) is 5.80. The normalized spacial score (nSPS) is 11.1. The second-order valence-corrected chi connectivity index (χ2v) is 5.91. The van der Waals surface area contributed by atoms with Crippen LogP contribution in [0.2, 0.25) is 0 Å². The minimum atomic E-state index is -0.154. The van der Waals surface area contributed by atoms with Gasteiger partial charge in [0.15, 0.2) is 0 Å². The zero-order chi connectivity index (χ0) is 15.6. The number of aryl methyl sites for hydroxylation is 3. The molecule has 0 aliphatic carbocycles. The predicted molar refractivity (Wildman–Crippen MR) is 89.2 cm³/mol. The Hall–Kier alpha value is -1.88. The highest BCUT2D eigenvalue weighted by Crippen LogP contribution is 2.21. The zero-order valence-corrected chi connectivity index (χ0v) is 14.2. The van der Waals surface area contributed by atoms with E-state index in [4.69, 9.17) is 0 Å². The van der Waals surface area contributed by atoms with Crippen LogP contribution in [-0.2, 0) is 11.8 Å². The molecule has 0 unspecified atom stereocenters. The van der Waals surface area contributed by atoms with Crippen LogP contribution < -0.4 is 5.32 Å². The standard InChI is InChI=1S/C16H18BrN3O/c1-10-5-6-13(17)9-15(10)18-16(21)8-7-14-11(2)19-20(4)12(14)3/h5-9H,1-4H3,(H,18,21)/b8-7+. The van der Waals surface area contributed by atoms with Crippen molar-refractivity contribution in [1.82, 2.24) is 9.78 Å². The van der Waals surface area contributed by atoms with E-state index in [1.165, 1.54) is 6.08 Å². The molecule has 1 heterocycles. The van der Waals surface area contributed by atoms with Crippen molar-refractivity contribution in [2.24, 2.45) is 7.05 Å². The molecule has 1 amide bonds. The van der Waals surface area contributed by atoms with E-state index in [1.54, 1.807) is 6.08 Å². The number of anilines is 1. The van der Waals surface area contributed by atoms with Gasteiger partial charge in [-0.3, -0.25) is 9.48 Å². The van der Waals surface area contributed by atoms with Crippen LogP contribution in [0.4, 0.5) is 5.69 Å². The van der Waals surface area contributed by atoms with E-state index >= 15 is 0 Å². The van der Waals surface area contributed by atoms with Crippen LogP contribution in [0.1, 0.15) is 22.5 Å². The van der Waals surface area contributed by atoms with Crippen molar-refractivity contribution in [1.29, 1.82) is 0 Å². The third-order valence-corrected chi connectivity index (χ3v) is 3.92. The first-order chi connectivity index (χ1) is 9.88. The summed E-state index contributed by atoms with van der Waals surface area (Å²) < 4.78 is 2.75. The molecule has 0 bridgehead atoms. The molecule has 0 radical (unpaired) electrons. The van der Waals surface area contributed by atoms with Crippen LogP contribution in [0.15, 0.2) is 28.7 Å². The highest BCUT2D eigenvalue weighted by molar-refractivity contribution is 9.10. The van der Waals surface area contributed by atoms with Gasteiger partial charge < -0.3 is 5.32 Å². The molecule has 0 saturated heterocycles. The second-order valence-electron chi connectivity index (χ2n) is 4.99. The number of nitrogens with zero attached hydrogens (tertiary/aromatic N) is 2. The fraction of sp³-hybridized carbons (Fsp3) is 0.250. The maximum Gasteiger partial charge on any atom is 0.248 e. The van der Waals surface area contributed by atoms with Crippen molar-refractivity contribution < 1.29 is 4.79 Å². The monoisotopic (exact) mass is 347 g/mol. The first kappa shape index (κ1) is 15.5. The Morgan fingerprint density at radius 3 is 2.67 bits per heavy atom. The Morgan fingerprint density at radius 2 is 2.05 bits per heavy atom.